The molecule has 1 aromatic carbocycles. The topological polar surface area (TPSA) is 32.5 Å². The van der Waals surface area contributed by atoms with Gasteiger partial charge in [-0.2, -0.15) is 0 Å². The molecule has 1 saturated heterocycles. The van der Waals surface area contributed by atoms with Crippen molar-refractivity contribution in [1.82, 2.24) is 4.90 Å². The van der Waals surface area contributed by atoms with Gasteiger partial charge in [0.1, 0.15) is 0 Å². The fourth-order valence-electron chi connectivity index (χ4n) is 2.31. The summed E-state index contributed by atoms with van der Waals surface area (Å²) >= 11 is 6.33. The highest BCUT2D eigenvalue weighted by atomic mass is 35.5. The first kappa shape index (κ1) is 13.7. The van der Waals surface area contributed by atoms with Crippen LogP contribution >= 0.6 is 11.6 Å². The van der Waals surface area contributed by atoms with Crippen molar-refractivity contribution in [3.8, 4) is 0 Å². The summed E-state index contributed by atoms with van der Waals surface area (Å²) in [5, 5.41) is 0.837. The molecule has 0 saturated carbocycles. The molecular formula is C14H22ClN3. The summed E-state index contributed by atoms with van der Waals surface area (Å²) < 4.78 is 0. The van der Waals surface area contributed by atoms with Gasteiger partial charge in [0.25, 0.3) is 0 Å². The van der Waals surface area contributed by atoms with Crippen LogP contribution in [0.2, 0.25) is 5.02 Å². The average Bonchev–Trinajstić information content (AvgIpc) is 2.32. The molecule has 2 N–H and O–H groups in total. The molecule has 4 heteroatoms. The number of nitrogens with zero attached hydrogens (tertiary/aromatic N) is 2. The molecule has 100 valence electrons. The molecule has 0 amide bonds. The standard InChI is InChI=1S/C14H22ClN3/c1-11(16)9-12-3-4-13(10-14(12)15)18-7-5-17(2)6-8-18/h3-4,10-11H,5-9,16H2,1-2H3. The van der Waals surface area contributed by atoms with Gasteiger partial charge in [0.15, 0.2) is 0 Å². The van der Waals surface area contributed by atoms with Crippen LogP contribution in [0.5, 0.6) is 0 Å². The summed E-state index contributed by atoms with van der Waals surface area (Å²) in [4.78, 5) is 4.74. The molecule has 18 heavy (non-hydrogen) atoms. The Morgan fingerprint density at radius 2 is 1.94 bits per heavy atom. The van der Waals surface area contributed by atoms with Gasteiger partial charge in [-0.1, -0.05) is 17.7 Å². The van der Waals surface area contributed by atoms with Crippen molar-refractivity contribution in [2.24, 2.45) is 5.73 Å². The second-order valence-electron chi connectivity index (χ2n) is 5.25. The molecule has 1 fully saturated rings. The maximum absolute atomic E-state index is 6.33. The van der Waals surface area contributed by atoms with E-state index in [9.17, 15) is 0 Å². The smallest absolute Gasteiger partial charge is 0.0459 e. The van der Waals surface area contributed by atoms with Gasteiger partial charge in [-0.05, 0) is 38.1 Å². The highest BCUT2D eigenvalue weighted by Gasteiger charge is 2.15. The molecule has 0 aromatic heterocycles. The van der Waals surface area contributed by atoms with Crippen LogP contribution in [0.1, 0.15) is 12.5 Å². The van der Waals surface area contributed by atoms with E-state index in [-0.39, 0.29) is 6.04 Å². The van der Waals surface area contributed by atoms with Gasteiger partial charge in [0.2, 0.25) is 0 Å². The van der Waals surface area contributed by atoms with Crippen LogP contribution < -0.4 is 10.6 Å². The van der Waals surface area contributed by atoms with E-state index >= 15 is 0 Å². The molecule has 0 aliphatic carbocycles. The van der Waals surface area contributed by atoms with E-state index in [1.165, 1.54) is 5.69 Å². The molecule has 1 aliphatic rings. The van der Waals surface area contributed by atoms with Crippen LogP contribution in [0.15, 0.2) is 18.2 Å². The highest BCUT2D eigenvalue weighted by molar-refractivity contribution is 6.31. The van der Waals surface area contributed by atoms with Crippen molar-refractivity contribution in [1.29, 1.82) is 0 Å². The monoisotopic (exact) mass is 267 g/mol. The molecule has 1 atom stereocenters. The summed E-state index contributed by atoms with van der Waals surface area (Å²) in [6.45, 7) is 6.36. The predicted octanol–water partition coefficient (Wildman–Crippen LogP) is 1.98. The largest absolute Gasteiger partial charge is 0.369 e. The van der Waals surface area contributed by atoms with Crippen molar-refractivity contribution in [3.05, 3.63) is 28.8 Å². The zero-order valence-electron chi connectivity index (χ0n) is 11.2. The fraction of sp³-hybridized carbons (Fsp3) is 0.571. The third-order valence-corrected chi connectivity index (χ3v) is 3.80. The lowest BCUT2D eigenvalue weighted by molar-refractivity contribution is 0.313. The maximum atomic E-state index is 6.33. The van der Waals surface area contributed by atoms with Crippen LogP contribution in [-0.2, 0) is 6.42 Å². The first-order valence-electron chi connectivity index (χ1n) is 6.54. The van der Waals surface area contributed by atoms with Gasteiger partial charge in [-0.15, -0.1) is 0 Å². The molecule has 2 rings (SSSR count). The van der Waals surface area contributed by atoms with Crippen LogP contribution in [0, 0.1) is 0 Å². The number of piperazine rings is 1. The van der Waals surface area contributed by atoms with Crippen molar-refractivity contribution < 1.29 is 0 Å². The Morgan fingerprint density at radius 3 is 2.50 bits per heavy atom. The fourth-order valence-corrected chi connectivity index (χ4v) is 2.56. The van der Waals surface area contributed by atoms with Crippen molar-refractivity contribution in [2.75, 3.05) is 38.1 Å². The third kappa shape index (κ3) is 3.37. The number of rotatable bonds is 3. The highest BCUT2D eigenvalue weighted by Crippen LogP contribution is 2.25. The molecule has 1 aromatic rings. The summed E-state index contributed by atoms with van der Waals surface area (Å²) in [5.74, 6) is 0. The number of benzene rings is 1. The van der Waals surface area contributed by atoms with Gasteiger partial charge < -0.3 is 15.5 Å². The lowest BCUT2D eigenvalue weighted by Crippen LogP contribution is -2.44. The molecular weight excluding hydrogens is 246 g/mol. The van der Waals surface area contributed by atoms with Crippen LogP contribution in [0.25, 0.3) is 0 Å². The van der Waals surface area contributed by atoms with E-state index in [4.69, 9.17) is 17.3 Å². The minimum absolute atomic E-state index is 0.150. The maximum Gasteiger partial charge on any atom is 0.0459 e. The van der Waals surface area contributed by atoms with Gasteiger partial charge in [0, 0.05) is 42.9 Å². The van der Waals surface area contributed by atoms with Crippen LogP contribution in [-0.4, -0.2) is 44.2 Å². The van der Waals surface area contributed by atoms with Crippen molar-refractivity contribution >= 4 is 17.3 Å². The SMILES string of the molecule is CC(N)Cc1ccc(N2CCN(C)CC2)cc1Cl. The van der Waals surface area contributed by atoms with Crippen molar-refractivity contribution in [2.45, 2.75) is 19.4 Å². The second kappa shape index (κ2) is 5.91. The zero-order valence-corrected chi connectivity index (χ0v) is 12.0. The summed E-state index contributed by atoms with van der Waals surface area (Å²) in [5.41, 5.74) is 8.18. The number of anilines is 1. The van der Waals surface area contributed by atoms with Crippen molar-refractivity contribution in [3.63, 3.8) is 0 Å². The van der Waals surface area contributed by atoms with Gasteiger partial charge in [0.05, 0.1) is 0 Å². The molecule has 1 heterocycles. The third-order valence-electron chi connectivity index (χ3n) is 3.45. The average molecular weight is 268 g/mol. The van der Waals surface area contributed by atoms with E-state index in [2.05, 4.69) is 35.0 Å². The molecule has 0 bridgehead atoms. The zero-order chi connectivity index (χ0) is 13.1. The first-order valence-corrected chi connectivity index (χ1v) is 6.91. The van der Waals surface area contributed by atoms with Gasteiger partial charge in [-0.3, -0.25) is 0 Å². The van der Waals surface area contributed by atoms with E-state index in [1.807, 2.05) is 6.92 Å². The Bertz CT molecular complexity index is 398. The number of nitrogens with two attached hydrogens (primary N) is 1. The summed E-state index contributed by atoms with van der Waals surface area (Å²) in [7, 11) is 2.16. The first-order chi connectivity index (χ1) is 8.56. The molecule has 0 spiro atoms. The number of likely N-dealkylation sites (N-methyl/N-ethyl adjacent to an activating group) is 1. The Morgan fingerprint density at radius 1 is 1.28 bits per heavy atom. The quantitative estimate of drug-likeness (QED) is 0.909. The van der Waals surface area contributed by atoms with Gasteiger partial charge >= 0.3 is 0 Å². The molecule has 1 unspecified atom stereocenters. The lowest BCUT2D eigenvalue weighted by atomic mass is 10.1. The van der Waals surface area contributed by atoms with Gasteiger partial charge in [-0.25, -0.2) is 0 Å². The number of hydrogen-bond donors (Lipinski definition) is 1. The predicted molar refractivity (Wildman–Crippen MR) is 78.5 cm³/mol. The van der Waals surface area contributed by atoms with E-state index in [0.717, 1.165) is 43.2 Å². The lowest BCUT2D eigenvalue weighted by Gasteiger charge is -2.34. The molecule has 0 radical (unpaired) electrons. The van der Waals surface area contributed by atoms with E-state index < -0.39 is 0 Å². The van der Waals surface area contributed by atoms with E-state index in [1.54, 1.807) is 0 Å². The Balaban J connectivity index is 2.08. The Labute approximate surface area is 115 Å². The summed E-state index contributed by atoms with van der Waals surface area (Å²) in [6, 6.07) is 6.50. The number of halogens is 1. The van der Waals surface area contributed by atoms with E-state index in [0.29, 0.717) is 0 Å². The Hall–Kier alpha value is -0.770. The summed E-state index contributed by atoms with van der Waals surface area (Å²) in [6.07, 6.45) is 0.835. The van der Waals surface area contributed by atoms with Crippen LogP contribution in [0.3, 0.4) is 0 Å². The second-order valence-corrected chi connectivity index (χ2v) is 5.65. The number of hydrogen-bond acceptors (Lipinski definition) is 3. The van der Waals surface area contributed by atoms with Crippen LogP contribution in [0.4, 0.5) is 5.69 Å². The minimum atomic E-state index is 0.150. The minimum Gasteiger partial charge on any atom is -0.369 e. The molecule has 1 aliphatic heterocycles. The Kier molecular flexibility index (Phi) is 4.49. The molecule has 3 nitrogen and oxygen atoms in total. The normalized spacial score (nSPS) is 19.0.